The van der Waals surface area contributed by atoms with E-state index in [0.29, 0.717) is 12.6 Å². The third kappa shape index (κ3) is 4.63. The van der Waals surface area contributed by atoms with Crippen LogP contribution in [0.25, 0.3) is 0 Å². The van der Waals surface area contributed by atoms with E-state index in [9.17, 15) is 5.11 Å². The van der Waals surface area contributed by atoms with Crippen LogP contribution >= 0.6 is 0 Å². The lowest BCUT2D eigenvalue weighted by Crippen LogP contribution is -2.41. The summed E-state index contributed by atoms with van der Waals surface area (Å²) in [5.41, 5.74) is 3.66. The first-order valence-electron chi connectivity index (χ1n) is 7.07. The van der Waals surface area contributed by atoms with Gasteiger partial charge in [0.15, 0.2) is 0 Å². The Hall–Kier alpha value is -0.860. The molecule has 19 heavy (non-hydrogen) atoms. The van der Waals surface area contributed by atoms with Gasteiger partial charge >= 0.3 is 0 Å². The van der Waals surface area contributed by atoms with Crippen LogP contribution in [0.3, 0.4) is 0 Å². The van der Waals surface area contributed by atoms with Crippen molar-refractivity contribution in [1.29, 1.82) is 0 Å². The lowest BCUT2D eigenvalue weighted by molar-refractivity contribution is 0.0714. The number of hydrogen-bond donors (Lipinski definition) is 1. The fourth-order valence-electron chi connectivity index (χ4n) is 2.40. The van der Waals surface area contributed by atoms with Gasteiger partial charge in [0.05, 0.1) is 6.10 Å². The molecule has 2 heteroatoms. The van der Waals surface area contributed by atoms with Crippen molar-refractivity contribution >= 4 is 0 Å². The van der Waals surface area contributed by atoms with Gasteiger partial charge in [0.1, 0.15) is 0 Å². The molecule has 2 nitrogen and oxygen atoms in total. The van der Waals surface area contributed by atoms with E-state index in [1.165, 1.54) is 11.1 Å². The van der Waals surface area contributed by atoms with Crippen LogP contribution in [-0.4, -0.2) is 29.6 Å². The smallest absolute Gasteiger partial charge is 0.0917 e. The topological polar surface area (TPSA) is 23.5 Å². The Kier molecular flexibility index (Phi) is 5.17. The summed E-state index contributed by atoms with van der Waals surface area (Å²) in [7, 11) is 2.09. The summed E-state index contributed by atoms with van der Waals surface area (Å²) in [6.45, 7) is 13.7. The monoisotopic (exact) mass is 263 g/mol. The summed E-state index contributed by atoms with van der Waals surface area (Å²) in [5, 5.41) is 10.4. The molecule has 0 spiro atoms. The molecule has 1 aromatic carbocycles. The number of aliphatic hydroxyl groups excluding tert-OH is 1. The van der Waals surface area contributed by atoms with E-state index < -0.39 is 6.10 Å². The summed E-state index contributed by atoms with van der Waals surface area (Å²) < 4.78 is 0. The molecule has 1 aromatic rings. The highest BCUT2D eigenvalue weighted by atomic mass is 16.3. The zero-order valence-corrected chi connectivity index (χ0v) is 13.5. The van der Waals surface area contributed by atoms with Gasteiger partial charge in [-0.25, -0.2) is 0 Å². The first kappa shape index (κ1) is 16.2. The van der Waals surface area contributed by atoms with Gasteiger partial charge in [0, 0.05) is 12.6 Å². The quantitative estimate of drug-likeness (QED) is 0.895. The van der Waals surface area contributed by atoms with Crippen LogP contribution in [0, 0.1) is 19.3 Å². The zero-order valence-electron chi connectivity index (χ0n) is 13.5. The van der Waals surface area contributed by atoms with Crippen LogP contribution in [-0.2, 0) is 0 Å². The molecule has 0 saturated heterocycles. The van der Waals surface area contributed by atoms with E-state index in [2.05, 4.69) is 71.7 Å². The zero-order chi connectivity index (χ0) is 14.8. The van der Waals surface area contributed by atoms with Crippen molar-refractivity contribution in [1.82, 2.24) is 4.90 Å². The molecular weight excluding hydrogens is 234 g/mol. The second-order valence-electron chi connectivity index (χ2n) is 6.92. The van der Waals surface area contributed by atoms with Crippen molar-refractivity contribution in [2.24, 2.45) is 5.41 Å². The van der Waals surface area contributed by atoms with Gasteiger partial charge < -0.3 is 10.0 Å². The molecule has 108 valence electrons. The Morgan fingerprint density at radius 2 is 1.58 bits per heavy atom. The second-order valence-corrected chi connectivity index (χ2v) is 6.92. The maximum Gasteiger partial charge on any atom is 0.0917 e. The third-order valence-corrected chi connectivity index (χ3v) is 4.00. The molecule has 0 radical (unpaired) electrons. The van der Waals surface area contributed by atoms with Gasteiger partial charge in [0.2, 0.25) is 0 Å². The highest BCUT2D eigenvalue weighted by molar-refractivity contribution is 5.30. The van der Waals surface area contributed by atoms with E-state index in [4.69, 9.17) is 0 Å². The lowest BCUT2D eigenvalue weighted by Gasteiger charge is -2.36. The van der Waals surface area contributed by atoms with E-state index in [-0.39, 0.29) is 5.41 Å². The number of benzene rings is 1. The largest absolute Gasteiger partial charge is 0.387 e. The molecule has 0 bridgehead atoms. The molecule has 0 fully saturated rings. The highest BCUT2D eigenvalue weighted by Crippen LogP contribution is 2.25. The van der Waals surface area contributed by atoms with Gasteiger partial charge in [-0.3, -0.25) is 0 Å². The van der Waals surface area contributed by atoms with E-state index >= 15 is 0 Å². The van der Waals surface area contributed by atoms with Crippen molar-refractivity contribution in [3.63, 3.8) is 0 Å². The maximum absolute atomic E-state index is 10.4. The molecule has 2 atom stereocenters. The van der Waals surface area contributed by atoms with Crippen molar-refractivity contribution < 1.29 is 5.11 Å². The molecule has 2 unspecified atom stereocenters. The van der Waals surface area contributed by atoms with Crippen LogP contribution in [0.5, 0.6) is 0 Å². The van der Waals surface area contributed by atoms with Gasteiger partial charge in [0.25, 0.3) is 0 Å². The first-order valence-corrected chi connectivity index (χ1v) is 7.07. The number of aliphatic hydroxyl groups is 1. The summed E-state index contributed by atoms with van der Waals surface area (Å²) in [4.78, 5) is 2.24. The Balaban J connectivity index is 2.76. The van der Waals surface area contributed by atoms with Crippen molar-refractivity contribution in [3.8, 4) is 0 Å². The lowest BCUT2D eigenvalue weighted by atomic mass is 9.87. The summed E-state index contributed by atoms with van der Waals surface area (Å²) in [5.74, 6) is 0. The van der Waals surface area contributed by atoms with E-state index in [1.807, 2.05) is 0 Å². The van der Waals surface area contributed by atoms with Crippen molar-refractivity contribution in [2.75, 3.05) is 13.6 Å². The fraction of sp³-hybridized carbons (Fsp3) is 0.647. The van der Waals surface area contributed by atoms with Gasteiger partial charge in [-0.15, -0.1) is 0 Å². The van der Waals surface area contributed by atoms with Crippen LogP contribution in [0.15, 0.2) is 18.2 Å². The average Bonchev–Trinajstić information content (AvgIpc) is 2.25. The number of nitrogens with zero attached hydrogens (tertiary/aromatic N) is 1. The summed E-state index contributed by atoms with van der Waals surface area (Å²) >= 11 is 0. The van der Waals surface area contributed by atoms with Gasteiger partial charge in [-0.2, -0.15) is 0 Å². The van der Waals surface area contributed by atoms with Gasteiger partial charge in [-0.05, 0) is 38.8 Å². The molecule has 0 heterocycles. The minimum Gasteiger partial charge on any atom is -0.387 e. The minimum atomic E-state index is -0.423. The number of aryl methyl sites for hydroxylation is 2. The summed E-state index contributed by atoms with van der Waals surface area (Å²) in [6, 6.07) is 6.71. The molecule has 0 aromatic heterocycles. The molecule has 0 saturated carbocycles. The predicted octanol–water partition coefficient (Wildman–Crippen LogP) is 3.70. The normalized spacial score (nSPS) is 15.6. The maximum atomic E-state index is 10.4. The molecule has 0 aliphatic heterocycles. The number of rotatable bonds is 4. The summed E-state index contributed by atoms with van der Waals surface area (Å²) in [6.07, 6.45) is -0.423. The third-order valence-electron chi connectivity index (χ3n) is 4.00. The molecule has 1 rings (SSSR count). The highest BCUT2D eigenvalue weighted by Gasteiger charge is 2.25. The van der Waals surface area contributed by atoms with E-state index in [1.54, 1.807) is 0 Å². The number of likely N-dealkylation sites (N-methyl/N-ethyl adjacent to an activating group) is 1. The van der Waals surface area contributed by atoms with Crippen molar-refractivity contribution in [3.05, 3.63) is 34.9 Å². The Labute approximate surface area is 118 Å². The Morgan fingerprint density at radius 1 is 1.11 bits per heavy atom. The van der Waals surface area contributed by atoms with Gasteiger partial charge in [-0.1, -0.05) is 50.1 Å². The SMILES string of the molecule is Cc1cc(C)cc(C(O)CN(C)C(C)C(C)(C)C)c1. The first-order chi connectivity index (χ1) is 8.61. The Morgan fingerprint density at radius 3 is 2.00 bits per heavy atom. The standard InChI is InChI=1S/C17H29NO/c1-12-8-13(2)10-15(9-12)16(19)11-18(7)14(3)17(4,5)6/h8-10,14,16,19H,11H2,1-7H3. The van der Waals surface area contributed by atoms with Crippen molar-refractivity contribution in [2.45, 2.75) is 53.7 Å². The van der Waals surface area contributed by atoms with E-state index in [0.717, 1.165) is 5.56 Å². The van der Waals surface area contributed by atoms with Crippen LogP contribution < -0.4 is 0 Å². The number of hydrogen-bond acceptors (Lipinski definition) is 2. The fourth-order valence-corrected chi connectivity index (χ4v) is 2.40. The minimum absolute atomic E-state index is 0.219. The molecule has 0 amide bonds. The predicted molar refractivity (Wildman–Crippen MR) is 82.4 cm³/mol. The van der Waals surface area contributed by atoms with Crippen LogP contribution in [0.1, 0.15) is 50.5 Å². The molecule has 0 aliphatic rings. The molecule has 1 N–H and O–H groups in total. The Bertz CT molecular complexity index is 400. The second kappa shape index (κ2) is 6.06. The van der Waals surface area contributed by atoms with Crippen LogP contribution in [0.4, 0.5) is 0 Å². The average molecular weight is 263 g/mol. The molecular formula is C17H29NO. The molecule has 0 aliphatic carbocycles. The van der Waals surface area contributed by atoms with Crippen LogP contribution in [0.2, 0.25) is 0 Å².